The van der Waals surface area contributed by atoms with E-state index in [2.05, 4.69) is 17.3 Å². The minimum atomic E-state index is 0.208. The molecule has 0 fully saturated rings. The molecule has 0 aliphatic heterocycles. The lowest BCUT2D eigenvalue weighted by atomic mass is 10.0. The van der Waals surface area contributed by atoms with Gasteiger partial charge < -0.3 is 5.21 Å². The maximum absolute atomic E-state index is 8.68. The first-order valence-corrected chi connectivity index (χ1v) is 3.67. The summed E-state index contributed by atoms with van der Waals surface area (Å²) in [6, 6.07) is 0. The van der Waals surface area contributed by atoms with E-state index in [0.717, 1.165) is 5.71 Å². The average molecular weight is 147 g/mol. The van der Waals surface area contributed by atoms with Crippen LogP contribution in [-0.4, -0.2) is 10.9 Å². The van der Waals surface area contributed by atoms with Crippen LogP contribution in [0.1, 0.15) is 0 Å². The second kappa shape index (κ2) is 2.38. The van der Waals surface area contributed by atoms with Crippen LogP contribution < -0.4 is 0 Å². The fourth-order valence-corrected chi connectivity index (χ4v) is 1.49. The maximum atomic E-state index is 8.68. The van der Waals surface area contributed by atoms with Crippen LogP contribution in [0, 0.1) is 11.8 Å². The van der Waals surface area contributed by atoms with E-state index in [1.807, 2.05) is 24.3 Å². The van der Waals surface area contributed by atoms with E-state index >= 15 is 0 Å². The Bertz CT molecular complexity index is 249. The van der Waals surface area contributed by atoms with Gasteiger partial charge in [-0.1, -0.05) is 41.6 Å². The molecule has 0 aromatic rings. The molecule has 0 saturated carbocycles. The Hall–Kier alpha value is -1.31. The second-order valence-electron chi connectivity index (χ2n) is 2.73. The molecule has 2 heteroatoms. The van der Waals surface area contributed by atoms with Gasteiger partial charge >= 0.3 is 0 Å². The van der Waals surface area contributed by atoms with Crippen molar-refractivity contribution in [3.8, 4) is 0 Å². The third-order valence-electron chi connectivity index (χ3n) is 2.07. The molecule has 0 amide bonds. The average Bonchev–Trinajstić information content (AvgIpc) is 2.23. The molecule has 2 aliphatic carbocycles. The third kappa shape index (κ3) is 0.909. The van der Waals surface area contributed by atoms with Gasteiger partial charge in [0, 0.05) is 11.8 Å². The number of rotatable bonds is 0. The van der Waals surface area contributed by atoms with Crippen LogP contribution in [0.4, 0.5) is 0 Å². The van der Waals surface area contributed by atoms with Crippen molar-refractivity contribution in [2.75, 3.05) is 0 Å². The Kier molecular flexibility index (Phi) is 1.39. The van der Waals surface area contributed by atoms with Gasteiger partial charge in [0.15, 0.2) is 0 Å². The zero-order valence-electron chi connectivity index (χ0n) is 6.01. The highest BCUT2D eigenvalue weighted by Gasteiger charge is 2.24. The lowest BCUT2D eigenvalue weighted by molar-refractivity contribution is 0.315. The highest BCUT2D eigenvalue weighted by molar-refractivity contribution is 5.97. The molecule has 0 saturated heterocycles. The maximum Gasteiger partial charge on any atom is 0.0783 e. The van der Waals surface area contributed by atoms with Crippen LogP contribution in [0.15, 0.2) is 41.6 Å². The lowest BCUT2D eigenvalue weighted by Gasteiger charge is -2.04. The first-order valence-electron chi connectivity index (χ1n) is 3.67. The number of allylic oxidation sites excluding steroid dienone is 6. The minimum Gasteiger partial charge on any atom is -0.411 e. The fourth-order valence-electron chi connectivity index (χ4n) is 1.49. The Balaban J connectivity index is 2.43. The predicted octanol–water partition coefficient (Wildman–Crippen LogP) is 1.74. The van der Waals surface area contributed by atoms with E-state index < -0.39 is 0 Å². The normalized spacial score (nSPS) is 32.5. The predicted molar refractivity (Wildman–Crippen MR) is 43.6 cm³/mol. The Morgan fingerprint density at radius 1 is 1.00 bits per heavy atom. The fraction of sp³-hybridized carbons (Fsp3) is 0.222. The zero-order chi connectivity index (χ0) is 7.68. The van der Waals surface area contributed by atoms with E-state index in [-0.39, 0.29) is 11.8 Å². The summed E-state index contributed by atoms with van der Waals surface area (Å²) in [6.45, 7) is 0. The van der Waals surface area contributed by atoms with Crippen LogP contribution in [0.2, 0.25) is 0 Å². The van der Waals surface area contributed by atoms with E-state index in [4.69, 9.17) is 5.21 Å². The van der Waals surface area contributed by atoms with E-state index in [1.165, 1.54) is 0 Å². The van der Waals surface area contributed by atoms with Gasteiger partial charge in [-0.2, -0.15) is 0 Å². The first kappa shape index (κ1) is 6.40. The topological polar surface area (TPSA) is 32.6 Å². The van der Waals surface area contributed by atoms with Crippen LogP contribution in [0.25, 0.3) is 0 Å². The van der Waals surface area contributed by atoms with Crippen molar-refractivity contribution in [3.63, 3.8) is 0 Å². The molecule has 2 rings (SSSR count). The van der Waals surface area contributed by atoms with Crippen molar-refractivity contribution in [1.82, 2.24) is 0 Å². The summed E-state index contributed by atoms with van der Waals surface area (Å²) in [4.78, 5) is 0. The first-order chi connectivity index (χ1) is 5.42. The Labute approximate surface area is 65.2 Å². The lowest BCUT2D eigenvalue weighted by Crippen LogP contribution is -2.11. The molecule has 0 aromatic heterocycles. The molecule has 2 atom stereocenters. The van der Waals surface area contributed by atoms with Crippen molar-refractivity contribution in [3.05, 3.63) is 36.5 Å². The molecule has 56 valence electrons. The Morgan fingerprint density at radius 2 is 1.55 bits per heavy atom. The molecule has 0 radical (unpaired) electrons. The monoisotopic (exact) mass is 147 g/mol. The molecule has 2 aliphatic rings. The summed E-state index contributed by atoms with van der Waals surface area (Å²) in [6.07, 6.45) is 12.1. The quantitative estimate of drug-likeness (QED) is 0.316. The zero-order valence-corrected chi connectivity index (χ0v) is 6.01. The highest BCUT2D eigenvalue weighted by atomic mass is 16.4. The number of nitrogens with zero attached hydrogens (tertiary/aromatic N) is 1. The summed E-state index contributed by atoms with van der Waals surface area (Å²) in [5.74, 6) is 0.417. The smallest absolute Gasteiger partial charge is 0.0783 e. The van der Waals surface area contributed by atoms with Crippen molar-refractivity contribution < 1.29 is 5.21 Å². The third-order valence-corrected chi connectivity index (χ3v) is 2.07. The molecular formula is C9H9NO. The molecule has 2 bridgehead atoms. The van der Waals surface area contributed by atoms with Gasteiger partial charge in [0.1, 0.15) is 0 Å². The van der Waals surface area contributed by atoms with Crippen LogP contribution >= 0.6 is 0 Å². The molecule has 11 heavy (non-hydrogen) atoms. The van der Waals surface area contributed by atoms with E-state index in [0.29, 0.717) is 0 Å². The molecule has 0 spiro atoms. The van der Waals surface area contributed by atoms with Crippen molar-refractivity contribution in [1.29, 1.82) is 0 Å². The summed E-state index contributed by atoms with van der Waals surface area (Å²) < 4.78 is 0. The van der Waals surface area contributed by atoms with Crippen molar-refractivity contribution in [2.24, 2.45) is 17.0 Å². The highest BCUT2D eigenvalue weighted by Crippen LogP contribution is 2.25. The van der Waals surface area contributed by atoms with Gasteiger partial charge in [0.05, 0.1) is 5.71 Å². The molecular weight excluding hydrogens is 138 g/mol. The molecule has 0 unspecified atom stereocenters. The molecule has 0 heterocycles. The van der Waals surface area contributed by atoms with Crippen LogP contribution in [0.3, 0.4) is 0 Å². The number of oxime groups is 1. The van der Waals surface area contributed by atoms with Crippen molar-refractivity contribution >= 4 is 5.71 Å². The minimum absolute atomic E-state index is 0.208. The van der Waals surface area contributed by atoms with Crippen LogP contribution in [-0.2, 0) is 0 Å². The van der Waals surface area contributed by atoms with Gasteiger partial charge in [0.25, 0.3) is 0 Å². The van der Waals surface area contributed by atoms with E-state index in [1.54, 1.807) is 0 Å². The summed E-state index contributed by atoms with van der Waals surface area (Å²) in [5.41, 5.74) is 0.829. The number of fused-ring (bicyclic) bond motifs is 2. The van der Waals surface area contributed by atoms with Crippen molar-refractivity contribution in [2.45, 2.75) is 0 Å². The summed E-state index contributed by atoms with van der Waals surface area (Å²) in [5, 5.41) is 12.0. The van der Waals surface area contributed by atoms with Gasteiger partial charge in [-0.3, -0.25) is 0 Å². The standard InChI is InChI=1S/C9H9NO/c11-10-9-7-3-1-2-4-8(9)6-5-7/h1-8,11H/t7-,8-/m1/s1. The van der Waals surface area contributed by atoms with Gasteiger partial charge in [-0.25, -0.2) is 0 Å². The molecule has 0 aromatic carbocycles. The largest absolute Gasteiger partial charge is 0.411 e. The number of hydrogen-bond acceptors (Lipinski definition) is 2. The summed E-state index contributed by atoms with van der Waals surface area (Å²) in [7, 11) is 0. The van der Waals surface area contributed by atoms with Gasteiger partial charge in [0.2, 0.25) is 0 Å². The van der Waals surface area contributed by atoms with E-state index in [9.17, 15) is 0 Å². The molecule has 1 N–H and O–H groups in total. The molecule has 2 nitrogen and oxygen atoms in total. The van der Waals surface area contributed by atoms with Gasteiger partial charge in [-0.15, -0.1) is 0 Å². The number of hydrogen-bond donors (Lipinski definition) is 1. The summed E-state index contributed by atoms with van der Waals surface area (Å²) >= 11 is 0. The van der Waals surface area contributed by atoms with Crippen LogP contribution in [0.5, 0.6) is 0 Å². The second-order valence-corrected chi connectivity index (χ2v) is 2.73. The SMILES string of the molecule is ON=C1[C@@H]2C=CC=C[C@@H]1C=C2. The Morgan fingerprint density at radius 3 is 2.00 bits per heavy atom. The van der Waals surface area contributed by atoms with Gasteiger partial charge in [-0.05, 0) is 0 Å².